The summed E-state index contributed by atoms with van der Waals surface area (Å²) in [4.78, 5) is 14.6. The van der Waals surface area contributed by atoms with Gasteiger partial charge in [0.25, 0.3) is 5.91 Å². The Morgan fingerprint density at radius 3 is 3.11 bits per heavy atom. The predicted octanol–water partition coefficient (Wildman–Crippen LogP) is 3.02. The highest BCUT2D eigenvalue weighted by atomic mass is 79.9. The highest BCUT2D eigenvalue weighted by Crippen LogP contribution is 2.37. The third kappa shape index (κ3) is 3.27. The van der Waals surface area contributed by atoms with Crippen LogP contribution in [-0.4, -0.2) is 23.6 Å². The van der Waals surface area contributed by atoms with Gasteiger partial charge in [-0.1, -0.05) is 5.11 Å². The van der Waals surface area contributed by atoms with Crippen molar-refractivity contribution in [3.05, 3.63) is 32.9 Å². The molecule has 0 atom stereocenters. The summed E-state index contributed by atoms with van der Waals surface area (Å²) < 4.78 is 2.95. The van der Waals surface area contributed by atoms with Crippen molar-refractivity contribution >= 4 is 21.8 Å². The molecule has 96 valence electrons. The first-order valence-electron chi connectivity index (χ1n) is 5.89. The molecule has 6 nitrogen and oxygen atoms in total. The number of aromatic nitrogens is 1. The Kier molecular flexibility index (Phi) is 4.28. The van der Waals surface area contributed by atoms with Crippen LogP contribution in [0.4, 0.5) is 0 Å². The Balaban J connectivity index is 1.90. The van der Waals surface area contributed by atoms with Crippen LogP contribution in [0.25, 0.3) is 10.4 Å². The molecule has 1 aliphatic rings. The lowest BCUT2D eigenvalue weighted by atomic mass is 10.3. The standard InChI is InChI=1S/C11H14BrN5O/c12-8-6-10(17(7-8)9-2-3-9)11(18)14-4-1-5-15-16-13/h6-7,9H,1-5H2,(H,14,18). The van der Waals surface area contributed by atoms with Crippen molar-refractivity contribution < 1.29 is 4.79 Å². The molecule has 18 heavy (non-hydrogen) atoms. The Morgan fingerprint density at radius 1 is 1.67 bits per heavy atom. The van der Waals surface area contributed by atoms with Crippen LogP contribution in [0.5, 0.6) is 0 Å². The van der Waals surface area contributed by atoms with Crippen molar-refractivity contribution in [1.82, 2.24) is 9.88 Å². The minimum absolute atomic E-state index is 0.0754. The Morgan fingerprint density at radius 2 is 2.44 bits per heavy atom. The summed E-state index contributed by atoms with van der Waals surface area (Å²) in [5, 5.41) is 6.25. The molecule has 0 saturated heterocycles. The number of carbonyl (C=O) groups is 1. The maximum atomic E-state index is 12.0. The smallest absolute Gasteiger partial charge is 0.267 e. The summed E-state index contributed by atoms with van der Waals surface area (Å²) in [5.41, 5.74) is 8.81. The van der Waals surface area contributed by atoms with E-state index in [0.29, 0.717) is 31.2 Å². The normalized spacial score (nSPS) is 14.1. The minimum atomic E-state index is -0.0754. The zero-order chi connectivity index (χ0) is 13.0. The summed E-state index contributed by atoms with van der Waals surface area (Å²) in [6.07, 6.45) is 4.88. The van der Waals surface area contributed by atoms with E-state index in [2.05, 4.69) is 31.3 Å². The average Bonchev–Trinajstić information content (AvgIpc) is 3.12. The first-order valence-corrected chi connectivity index (χ1v) is 6.68. The van der Waals surface area contributed by atoms with Crippen LogP contribution in [0.3, 0.4) is 0 Å². The highest BCUT2D eigenvalue weighted by Gasteiger charge is 2.27. The molecule has 1 heterocycles. The second-order valence-electron chi connectivity index (χ2n) is 4.25. The number of nitrogens with one attached hydrogen (secondary N) is 1. The third-order valence-corrected chi connectivity index (χ3v) is 3.21. The first-order chi connectivity index (χ1) is 8.72. The van der Waals surface area contributed by atoms with Crippen LogP contribution in [0.2, 0.25) is 0 Å². The summed E-state index contributed by atoms with van der Waals surface area (Å²) in [5.74, 6) is -0.0754. The van der Waals surface area contributed by atoms with Crippen molar-refractivity contribution in [3.8, 4) is 0 Å². The lowest BCUT2D eigenvalue weighted by molar-refractivity contribution is 0.0944. The van der Waals surface area contributed by atoms with Gasteiger partial charge in [0.2, 0.25) is 0 Å². The van der Waals surface area contributed by atoms with E-state index in [-0.39, 0.29) is 5.91 Å². The van der Waals surface area contributed by atoms with E-state index in [1.54, 1.807) is 0 Å². The lowest BCUT2D eigenvalue weighted by Crippen LogP contribution is -2.27. The van der Waals surface area contributed by atoms with Crippen molar-refractivity contribution in [3.63, 3.8) is 0 Å². The predicted molar refractivity (Wildman–Crippen MR) is 71.4 cm³/mol. The number of nitrogens with zero attached hydrogens (tertiary/aromatic N) is 4. The van der Waals surface area contributed by atoms with Gasteiger partial charge in [0.05, 0.1) is 0 Å². The Labute approximate surface area is 113 Å². The molecule has 0 radical (unpaired) electrons. The number of amides is 1. The number of halogens is 1. The SMILES string of the molecule is [N-]=[N+]=NCCCNC(=O)c1cc(Br)cn1C1CC1. The summed E-state index contributed by atoms with van der Waals surface area (Å²) in [6, 6.07) is 2.31. The summed E-state index contributed by atoms with van der Waals surface area (Å²) in [7, 11) is 0. The van der Waals surface area contributed by atoms with Crippen LogP contribution < -0.4 is 5.32 Å². The van der Waals surface area contributed by atoms with E-state index in [4.69, 9.17) is 5.53 Å². The first kappa shape index (κ1) is 13.0. The molecular weight excluding hydrogens is 298 g/mol. The van der Waals surface area contributed by atoms with Gasteiger partial charge in [-0.25, -0.2) is 0 Å². The van der Waals surface area contributed by atoms with Gasteiger partial charge in [-0.05, 0) is 46.8 Å². The molecule has 0 aromatic carbocycles. The van der Waals surface area contributed by atoms with E-state index in [9.17, 15) is 4.79 Å². The fourth-order valence-electron chi connectivity index (χ4n) is 1.77. The molecule has 0 spiro atoms. The van der Waals surface area contributed by atoms with E-state index in [1.807, 2.05) is 16.8 Å². The van der Waals surface area contributed by atoms with Crippen molar-refractivity contribution in [2.75, 3.05) is 13.1 Å². The summed E-state index contributed by atoms with van der Waals surface area (Å²) >= 11 is 3.39. The monoisotopic (exact) mass is 311 g/mol. The van der Waals surface area contributed by atoms with Gasteiger partial charge >= 0.3 is 0 Å². The van der Waals surface area contributed by atoms with Crippen LogP contribution in [0.1, 0.15) is 35.8 Å². The number of hydrogen-bond acceptors (Lipinski definition) is 2. The van der Waals surface area contributed by atoms with Crippen LogP contribution >= 0.6 is 15.9 Å². The van der Waals surface area contributed by atoms with Gasteiger partial charge in [-0.2, -0.15) is 0 Å². The number of carbonyl (C=O) groups excluding carboxylic acids is 1. The summed E-state index contributed by atoms with van der Waals surface area (Å²) in [6.45, 7) is 0.926. The Hall–Kier alpha value is -1.46. The number of rotatable bonds is 6. The molecule has 1 N–H and O–H groups in total. The van der Waals surface area contributed by atoms with E-state index < -0.39 is 0 Å². The maximum Gasteiger partial charge on any atom is 0.267 e. The molecule has 1 saturated carbocycles. The largest absolute Gasteiger partial charge is 0.351 e. The van der Waals surface area contributed by atoms with Gasteiger partial charge in [0.1, 0.15) is 5.69 Å². The molecule has 7 heteroatoms. The highest BCUT2D eigenvalue weighted by molar-refractivity contribution is 9.10. The van der Waals surface area contributed by atoms with Crippen molar-refractivity contribution in [2.24, 2.45) is 5.11 Å². The maximum absolute atomic E-state index is 12.0. The molecule has 0 bridgehead atoms. The van der Waals surface area contributed by atoms with Gasteiger partial charge in [0.15, 0.2) is 0 Å². The average molecular weight is 312 g/mol. The van der Waals surface area contributed by atoms with Gasteiger partial charge < -0.3 is 9.88 Å². The zero-order valence-electron chi connectivity index (χ0n) is 9.84. The van der Waals surface area contributed by atoms with Crippen LogP contribution in [0, 0.1) is 0 Å². The molecule has 1 aromatic rings. The number of hydrogen-bond donors (Lipinski definition) is 1. The minimum Gasteiger partial charge on any atom is -0.351 e. The second kappa shape index (κ2) is 5.93. The molecule has 2 rings (SSSR count). The van der Waals surface area contributed by atoms with Gasteiger partial charge in [0, 0.05) is 34.7 Å². The molecular formula is C11H14BrN5O. The fraction of sp³-hybridized carbons (Fsp3) is 0.545. The molecule has 1 aromatic heterocycles. The molecule has 1 fully saturated rings. The van der Waals surface area contributed by atoms with Crippen LogP contribution in [0.15, 0.2) is 21.9 Å². The topological polar surface area (TPSA) is 82.8 Å². The number of azide groups is 1. The molecule has 1 aliphatic carbocycles. The Bertz CT molecular complexity index is 488. The zero-order valence-corrected chi connectivity index (χ0v) is 11.4. The molecule has 1 amide bonds. The van der Waals surface area contributed by atoms with Crippen molar-refractivity contribution in [1.29, 1.82) is 0 Å². The quantitative estimate of drug-likeness (QED) is 0.372. The molecule has 0 aliphatic heterocycles. The second-order valence-corrected chi connectivity index (χ2v) is 5.16. The van der Waals surface area contributed by atoms with Crippen LogP contribution in [-0.2, 0) is 0 Å². The third-order valence-electron chi connectivity index (χ3n) is 2.77. The fourth-order valence-corrected chi connectivity index (χ4v) is 2.21. The van der Waals surface area contributed by atoms with Gasteiger partial charge in [-0.15, -0.1) is 0 Å². The van der Waals surface area contributed by atoms with Crippen molar-refractivity contribution in [2.45, 2.75) is 25.3 Å². The molecule has 0 unspecified atom stereocenters. The van der Waals surface area contributed by atoms with E-state index in [1.165, 1.54) is 0 Å². The van der Waals surface area contributed by atoms with E-state index in [0.717, 1.165) is 17.3 Å². The van der Waals surface area contributed by atoms with Gasteiger partial charge in [-0.3, -0.25) is 4.79 Å². The lowest BCUT2D eigenvalue weighted by Gasteiger charge is -2.07. The van der Waals surface area contributed by atoms with E-state index >= 15 is 0 Å².